The highest BCUT2D eigenvalue weighted by Crippen LogP contribution is 2.33. The maximum atomic E-state index is 7.30. The number of hydrogen-bond acceptors (Lipinski definition) is 2. The van der Waals surface area contributed by atoms with Gasteiger partial charge in [0, 0.05) is 10.8 Å². The molecule has 2 heteroatoms. The van der Waals surface area contributed by atoms with Crippen molar-refractivity contribution in [3.63, 3.8) is 0 Å². The Balaban J connectivity index is 2.12. The van der Waals surface area contributed by atoms with Gasteiger partial charge in [-0.2, -0.15) is 0 Å². The zero-order valence-electron chi connectivity index (χ0n) is 11.9. The highest BCUT2D eigenvalue weighted by atomic mass is 16.3. The van der Waals surface area contributed by atoms with Gasteiger partial charge in [0.15, 0.2) is 0 Å². The molecule has 1 N–H and O–H groups in total. The number of para-hydroxylation sites is 2. The molecule has 0 saturated carbocycles. The quantitative estimate of drug-likeness (QED) is 0.654. The maximum absolute atomic E-state index is 7.30. The molecule has 2 aromatic carbocycles. The molecule has 3 rings (SSSR count). The molecule has 0 aliphatic rings. The summed E-state index contributed by atoms with van der Waals surface area (Å²) in [7, 11) is 0. The van der Waals surface area contributed by atoms with Crippen LogP contribution in [-0.2, 0) is 6.42 Å². The summed E-state index contributed by atoms with van der Waals surface area (Å²) in [5, 5.41) is 9.70. The van der Waals surface area contributed by atoms with Crippen LogP contribution in [0.2, 0.25) is 0 Å². The normalized spacial score (nSPS) is 12.9. The largest absolute Gasteiger partial charge is 0.455 e. The minimum absolute atomic E-state index is 0.316. The Morgan fingerprint density at radius 1 is 1.10 bits per heavy atom. The second kappa shape index (κ2) is 5.12. The molecular weight excluding hydrogens is 246 g/mol. The lowest BCUT2D eigenvalue weighted by atomic mass is 10.00. The smallest absolute Gasteiger partial charge is 0.138 e. The van der Waals surface area contributed by atoms with Gasteiger partial charge in [-0.05, 0) is 43.0 Å². The zero-order chi connectivity index (χ0) is 14.1. The van der Waals surface area contributed by atoms with Gasteiger partial charge in [-0.25, -0.2) is 0 Å². The fourth-order valence-electron chi connectivity index (χ4n) is 2.68. The van der Waals surface area contributed by atoms with Crippen molar-refractivity contribution in [3.8, 4) is 0 Å². The molecule has 0 aliphatic carbocycles. The maximum Gasteiger partial charge on any atom is 0.138 e. The Morgan fingerprint density at radius 2 is 1.80 bits per heavy atom. The first kappa shape index (κ1) is 12.9. The molecule has 3 aromatic rings. The Hall–Kier alpha value is -2.09. The highest BCUT2D eigenvalue weighted by Gasteiger charge is 2.12. The molecule has 1 heterocycles. The van der Waals surface area contributed by atoms with Gasteiger partial charge in [-0.3, -0.25) is 0 Å². The summed E-state index contributed by atoms with van der Waals surface area (Å²) in [6, 6.07) is 12.7. The van der Waals surface area contributed by atoms with E-state index in [4.69, 9.17) is 9.83 Å². The zero-order valence-corrected chi connectivity index (χ0v) is 11.9. The van der Waals surface area contributed by atoms with Crippen molar-refractivity contribution in [2.45, 2.75) is 26.7 Å². The fraction of sp³-hybridized carbons (Fsp3) is 0.278. The van der Waals surface area contributed by atoms with Crippen molar-refractivity contribution < 1.29 is 4.42 Å². The van der Waals surface area contributed by atoms with Crippen LogP contribution in [0.1, 0.15) is 24.5 Å². The van der Waals surface area contributed by atoms with Crippen molar-refractivity contribution in [1.29, 1.82) is 5.41 Å². The topological polar surface area (TPSA) is 37.0 Å². The van der Waals surface area contributed by atoms with Gasteiger partial charge >= 0.3 is 0 Å². The van der Waals surface area contributed by atoms with Gasteiger partial charge in [-0.15, -0.1) is 0 Å². The van der Waals surface area contributed by atoms with E-state index in [-0.39, 0.29) is 0 Å². The average molecular weight is 265 g/mol. The van der Waals surface area contributed by atoms with Gasteiger partial charge < -0.3 is 9.83 Å². The Morgan fingerprint density at radius 3 is 2.55 bits per heavy atom. The van der Waals surface area contributed by atoms with Crippen LogP contribution in [0.4, 0.5) is 0 Å². The molecular formula is C18H19NO. The van der Waals surface area contributed by atoms with E-state index in [0.29, 0.717) is 5.92 Å². The molecule has 20 heavy (non-hydrogen) atoms. The van der Waals surface area contributed by atoms with Gasteiger partial charge in [0.25, 0.3) is 0 Å². The van der Waals surface area contributed by atoms with E-state index in [1.165, 1.54) is 28.1 Å². The lowest BCUT2D eigenvalue weighted by molar-refractivity contribution is 0.645. The number of rotatable bonds is 4. The van der Waals surface area contributed by atoms with Crippen LogP contribution < -0.4 is 0 Å². The van der Waals surface area contributed by atoms with Crippen LogP contribution >= 0.6 is 0 Å². The van der Waals surface area contributed by atoms with E-state index >= 15 is 0 Å². The second-order valence-electron chi connectivity index (χ2n) is 5.53. The lowest BCUT2D eigenvalue weighted by Crippen LogP contribution is -1.97. The van der Waals surface area contributed by atoms with Gasteiger partial charge in [0.05, 0.1) is 0 Å². The fourth-order valence-corrected chi connectivity index (χ4v) is 2.68. The monoisotopic (exact) mass is 265 g/mol. The van der Waals surface area contributed by atoms with Crippen molar-refractivity contribution in [2.24, 2.45) is 5.92 Å². The first-order chi connectivity index (χ1) is 9.70. The number of hydrogen-bond donors (Lipinski definition) is 1. The number of aryl methyl sites for hydroxylation is 2. The second-order valence-corrected chi connectivity index (χ2v) is 5.53. The van der Waals surface area contributed by atoms with Crippen LogP contribution in [-0.4, -0.2) is 6.21 Å². The summed E-state index contributed by atoms with van der Waals surface area (Å²) in [6.07, 6.45) is 3.45. The lowest BCUT2D eigenvalue weighted by Gasteiger charge is -2.05. The van der Waals surface area contributed by atoms with Crippen LogP contribution in [0, 0.1) is 18.3 Å². The summed E-state index contributed by atoms with van der Waals surface area (Å²) in [4.78, 5) is 0. The standard InChI is InChI=1S/C18H19NO/c1-12(11-19)9-10-14-6-4-8-16-15-7-3-5-13(2)17(15)20-18(14)16/h3-8,11-12,19H,9-10H2,1-2H3. The third kappa shape index (κ3) is 2.11. The molecule has 0 bridgehead atoms. The Kier molecular flexibility index (Phi) is 3.31. The van der Waals surface area contributed by atoms with E-state index in [0.717, 1.165) is 24.0 Å². The molecule has 0 spiro atoms. The first-order valence-corrected chi connectivity index (χ1v) is 7.11. The molecule has 0 amide bonds. The predicted molar refractivity (Wildman–Crippen MR) is 84.7 cm³/mol. The summed E-state index contributed by atoms with van der Waals surface area (Å²) in [5.74, 6) is 0.316. The van der Waals surface area contributed by atoms with Gasteiger partial charge in [0.1, 0.15) is 11.2 Å². The SMILES string of the molecule is Cc1cccc2c1oc1c(CCC(C)C=N)cccc12. The number of benzene rings is 2. The minimum atomic E-state index is 0.316. The van der Waals surface area contributed by atoms with E-state index in [1.807, 2.05) is 0 Å². The summed E-state index contributed by atoms with van der Waals surface area (Å²) >= 11 is 0. The van der Waals surface area contributed by atoms with E-state index in [1.54, 1.807) is 0 Å². The van der Waals surface area contributed by atoms with E-state index < -0.39 is 0 Å². The van der Waals surface area contributed by atoms with Crippen LogP contribution in [0.15, 0.2) is 40.8 Å². The van der Waals surface area contributed by atoms with Crippen molar-refractivity contribution in [3.05, 3.63) is 47.5 Å². The molecule has 0 saturated heterocycles. The van der Waals surface area contributed by atoms with Gasteiger partial charge in [0.2, 0.25) is 0 Å². The Labute approximate surface area is 118 Å². The van der Waals surface area contributed by atoms with Crippen molar-refractivity contribution in [2.75, 3.05) is 0 Å². The number of nitrogens with one attached hydrogen (secondary N) is 1. The minimum Gasteiger partial charge on any atom is -0.455 e. The first-order valence-electron chi connectivity index (χ1n) is 7.11. The third-order valence-electron chi connectivity index (χ3n) is 3.96. The van der Waals surface area contributed by atoms with Crippen LogP contribution in [0.5, 0.6) is 0 Å². The highest BCUT2D eigenvalue weighted by molar-refractivity contribution is 6.06. The summed E-state index contributed by atoms with van der Waals surface area (Å²) in [6.45, 7) is 4.16. The molecule has 1 atom stereocenters. The molecule has 0 radical (unpaired) electrons. The molecule has 2 nitrogen and oxygen atoms in total. The molecule has 1 unspecified atom stereocenters. The summed E-state index contributed by atoms with van der Waals surface area (Å²) in [5.41, 5.74) is 4.42. The third-order valence-corrected chi connectivity index (χ3v) is 3.96. The molecule has 1 aromatic heterocycles. The van der Waals surface area contributed by atoms with Gasteiger partial charge in [-0.1, -0.05) is 43.3 Å². The molecule has 102 valence electrons. The Bertz CT molecular complexity index is 770. The number of furan rings is 1. The number of fused-ring (bicyclic) bond motifs is 3. The van der Waals surface area contributed by atoms with Crippen LogP contribution in [0.3, 0.4) is 0 Å². The van der Waals surface area contributed by atoms with E-state index in [2.05, 4.69) is 50.2 Å². The van der Waals surface area contributed by atoms with Crippen molar-refractivity contribution in [1.82, 2.24) is 0 Å². The average Bonchev–Trinajstić information content (AvgIpc) is 2.85. The van der Waals surface area contributed by atoms with E-state index in [9.17, 15) is 0 Å². The summed E-state index contributed by atoms with van der Waals surface area (Å²) < 4.78 is 6.12. The van der Waals surface area contributed by atoms with Crippen molar-refractivity contribution >= 4 is 28.2 Å². The molecule has 0 aliphatic heterocycles. The predicted octanol–water partition coefficient (Wildman–Crippen LogP) is 5.11. The molecule has 0 fully saturated rings. The van der Waals surface area contributed by atoms with Crippen LogP contribution in [0.25, 0.3) is 21.9 Å².